The number of thiophene rings is 1. The van der Waals surface area contributed by atoms with Gasteiger partial charge in [-0.25, -0.2) is 4.79 Å². The molecule has 0 aliphatic rings. The van der Waals surface area contributed by atoms with Crippen molar-refractivity contribution in [3.05, 3.63) is 57.8 Å². The fourth-order valence-electron chi connectivity index (χ4n) is 1.69. The van der Waals surface area contributed by atoms with Crippen molar-refractivity contribution in [2.75, 3.05) is 6.61 Å². The van der Waals surface area contributed by atoms with Crippen LogP contribution in [-0.4, -0.2) is 24.3 Å². The Morgan fingerprint density at radius 2 is 1.82 bits per heavy atom. The van der Waals surface area contributed by atoms with Gasteiger partial charge in [-0.05, 0) is 24.3 Å². The van der Waals surface area contributed by atoms with E-state index >= 15 is 0 Å². The van der Waals surface area contributed by atoms with E-state index in [0.717, 1.165) is 4.88 Å². The van der Waals surface area contributed by atoms with Crippen LogP contribution < -0.4 is 5.32 Å². The number of hydrogen-bond acceptors (Lipinski definition) is 5. The third-order valence-electron chi connectivity index (χ3n) is 2.79. The first-order chi connectivity index (χ1) is 10.6. The van der Waals surface area contributed by atoms with E-state index in [2.05, 4.69) is 5.32 Å². The zero-order valence-electron chi connectivity index (χ0n) is 12.0. The van der Waals surface area contributed by atoms with Crippen LogP contribution in [0.15, 0.2) is 42.5 Å². The number of amides is 1. The maximum absolute atomic E-state index is 12.0. The van der Waals surface area contributed by atoms with E-state index < -0.39 is 5.97 Å². The van der Waals surface area contributed by atoms with Crippen LogP contribution in [0.4, 0.5) is 0 Å². The minimum Gasteiger partial charge on any atom is -0.454 e. The second-order valence-electron chi connectivity index (χ2n) is 4.54. The third kappa shape index (κ3) is 4.53. The fourth-order valence-corrected chi connectivity index (χ4v) is 2.57. The average molecular weight is 317 g/mol. The Morgan fingerprint density at radius 3 is 2.50 bits per heavy atom. The summed E-state index contributed by atoms with van der Waals surface area (Å²) in [6, 6.07) is 11.9. The molecule has 2 aromatic rings. The van der Waals surface area contributed by atoms with Crippen molar-refractivity contribution >= 4 is 29.0 Å². The highest BCUT2D eigenvalue weighted by atomic mass is 32.1. The quantitative estimate of drug-likeness (QED) is 0.656. The fraction of sp³-hybridized carbons (Fsp3) is 0.188. The molecule has 2 rings (SSSR count). The van der Waals surface area contributed by atoms with E-state index in [4.69, 9.17) is 4.74 Å². The van der Waals surface area contributed by atoms with Crippen molar-refractivity contribution in [3.8, 4) is 0 Å². The van der Waals surface area contributed by atoms with Gasteiger partial charge in [0.15, 0.2) is 6.61 Å². The average Bonchev–Trinajstić information content (AvgIpc) is 3.00. The van der Waals surface area contributed by atoms with Crippen LogP contribution >= 0.6 is 11.3 Å². The van der Waals surface area contributed by atoms with Gasteiger partial charge in [-0.2, -0.15) is 0 Å². The third-order valence-corrected chi connectivity index (χ3v) is 3.92. The van der Waals surface area contributed by atoms with E-state index in [-0.39, 0.29) is 18.3 Å². The van der Waals surface area contributed by atoms with Gasteiger partial charge in [-0.3, -0.25) is 9.59 Å². The molecule has 0 fully saturated rings. The van der Waals surface area contributed by atoms with Crippen LogP contribution in [0.25, 0.3) is 0 Å². The van der Waals surface area contributed by atoms with Gasteiger partial charge >= 0.3 is 5.97 Å². The predicted molar refractivity (Wildman–Crippen MR) is 82.9 cm³/mol. The first-order valence-electron chi connectivity index (χ1n) is 6.65. The van der Waals surface area contributed by atoms with Crippen LogP contribution in [0.1, 0.15) is 31.8 Å². The standard InChI is InChI=1S/C16H15NO4S/c1-11(18)17-9-13-7-8-15(22-13)14(19)10-21-16(20)12-5-3-2-4-6-12/h2-8H,9-10H2,1H3,(H,17,18). The van der Waals surface area contributed by atoms with Crippen molar-refractivity contribution in [2.45, 2.75) is 13.5 Å². The number of carbonyl (C=O) groups excluding carboxylic acids is 3. The van der Waals surface area contributed by atoms with Crippen LogP contribution in [0.5, 0.6) is 0 Å². The molecule has 0 spiro atoms. The van der Waals surface area contributed by atoms with E-state index in [1.54, 1.807) is 42.5 Å². The van der Waals surface area contributed by atoms with Gasteiger partial charge in [-0.1, -0.05) is 18.2 Å². The lowest BCUT2D eigenvalue weighted by molar-refractivity contribution is -0.119. The number of rotatable bonds is 6. The Labute approximate surface area is 131 Å². The molecule has 0 radical (unpaired) electrons. The van der Waals surface area contributed by atoms with Crippen LogP contribution in [-0.2, 0) is 16.1 Å². The number of benzene rings is 1. The highest BCUT2D eigenvalue weighted by Crippen LogP contribution is 2.17. The maximum Gasteiger partial charge on any atom is 0.338 e. The number of nitrogens with one attached hydrogen (secondary N) is 1. The van der Waals surface area contributed by atoms with E-state index in [1.807, 2.05) is 0 Å². The maximum atomic E-state index is 12.0. The molecule has 22 heavy (non-hydrogen) atoms. The molecule has 5 nitrogen and oxygen atoms in total. The summed E-state index contributed by atoms with van der Waals surface area (Å²) < 4.78 is 5.00. The molecule has 1 amide bonds. The van der Waals surface area contributed by atoms with Crippen LogP contribution in [0, 0.1) is 0 Å². The molecular weight excluding hydrogens is 302 g/mol. The van der Waals surface area contributed by atoms with Gasteiger partial charge in [0.2, 0.25) is 11.7 Å². The largest absolute Gasteiger partial charge is 0.454 e. The van der Waals surface area contributed by atoms with Gasteiger partial charge in [0.1, 0.15) is 0 Å². The predicted octanol–water partition coefficient (Wildman–Crippen LogP) is 2.42. The Morgan fingerprint density at radius 1 is 1.09 bits per heavy atom. The summed E-state index contributed by atoms with van der Waals surface area (Å²) in [4.78, 5) is 35.9. The molecule has 1 N–H and O–H groups in total. The molecule has 0 aliphatic heterocycles. The Balaban J connectivity index is 1.87. The summed E-state index contributed by atoms with van der Waals surface area (Å²) in [5, 5.41) is 2.66. The first kappa shape index (κ1) is 15.9. The molecule has 1 heterocycles. The summed E-state index contributed by atoms with van der Waals surface area (Å²) in [6.45, 7) is 1.52. The second-order valence-corrected chi connectivity index (χ2v) is 5.71. The Hall–Kier alpha value is -2.47. The van der Waals surface area contributed by atoms with E-state index in [9.17, 15) is 14.4 Å². The molecular formula is C16H15NO4S. The number of hydrogen-bond donors (Lipinski definition) is 1. The Bertz CT molecular complexity index is 678. The normalized spacial score (nSPS) is 10.0. The zero-order valence-corrected chi connectivity index (χ0v) is 12.8. The highest BCUT2D eigenvalue weighted by molar-refractivity contribution is 7.14. The van der Waals surface area contributed by atoms with Gasteiger partial charge in [0, 0.05) is 11.8 Å². The molecule has 0 bridgehead atoms. The molecule has 0 unspecified atom stereocenters. The van der Waals surface area contributed by atoms with Crippen LogP contribution in [0.3, 0.4) is 0 Å². The van der Waals surface area contributed by atoms with Crippen LogP contribution in [0.2, 0.25) is 0 Å². The van der Waals surface area contributed by atoms with Crippen molar-refractivity contribution in [1.82, 2.24) is 5.32 Å². The summed E-state index contributed by atoms with van der Waals surface area (Å²) in [5.74, 6) is -0.912. The number of ether oxygens (including phenoxy) is 1. The van der Waals surface area contributed by atoms with Gasteiger partial charge in [0.05, 0.1) is 17.0 Å². The lowest BCUT2D eigenvalue weighted by atomic mass is 10.2. The molecule has 0 saturated carbocycles. The monoisotopic (exact) mass is 317 g/mol. The molecule has 0 saturated heterocycles. The molecule has 1 aromatic heterocycles. The second kappa shape index (κ2) is 7.51. The van der Waals surface area contributed by atoms with Gasteiger partial charge < -0.3 is 10.1 Å². The summed E-state index contributed by atoms with van der Waals surface area (Å²) in [5.41, 5.74) is 0.410. The highest BCUT2D eigenvalue weighted by Gasteiger charge is 2.13. The van der Waals surface area contributed by atoms with Crippen molar-refractivity contribution < 1.29 is 19.1 Å². The lowest BCUT2D eigenvalue weighted by Gasteiger charge is -2.03. The number of carbonyl (C=O) groups is 3. The van der Waals surface area contributed by atoms with Crippen molar-refractivity contribution in [3.63, 3.8) is 0 Å². The summed E-state index contributed by atoms with van der Waals surface area (Å²) in [7, 11) is 0. The van der Waals surface area contributed by atoms with Gasteiger partial charge in [-0.15, -0.1) is 11.3 Å². The van der Waals surface area contributed by atoms with Gasteiger partial charge in [0.25, 0.3) is 0 Å². The van der Waals surface area contributed by atoms with E-state index in [0.29, 0.717) is 17.0 Å². The van der Waals surface area contributed by atoms with E-state index in [1.165, 1.54) is 18.3 Å². The number of Topliss-reactive ketones (excluding diaryl/α,β-unsaturated/α-hetero) is 1. The molecule has 0 aliphatic carbocycles. The molecule has 114 valence electrons. The molecule has 1 aromatic carbocycles. The zero-order chi connectivity index (χ0) is 15.9. The van der Waals surface area contributed by atoms with Crippen molar-refractivity contribution in [2.24, 2.45) is 0 Å². The lowest BCUT2D eigenvalue weighted by Crippen LogP contribution is -2.18. The Kier molecular flexibility index (Phi) is 5.43. The van der Waals surface area contributed by atoms with Crippen molar-refractivity contribution in [1.29, 1.82) is 0 Å². The topological polar surface area (TPSA) is 72.5 Å². The number of ketones is 1. The SMILES string of the molecule is CC(=O)NCc1ccc(C(=O)COC(=O)c2ccccc2)s1. The molecule has 6 heteroatoms. The molecule has 0 atom stereocenters. The summed E-state index contributed by atoms with van der Waals surface area (Å²) in [6.07, 6.45) is 0. The minimum absolute atomic E-state index is 0.127. The number of esters is 1. The summed E-state index contributed by atoms with van der Waals surface area (Å²) >= 11 is 1.27. The minimum atomic E-state index is -0.524. The first-order valence-corrected chi connectivity index (χ1v) is 7.46. The smallest absolute Gasteiger partial charge is 0.338 e.